The average Bonchev–Trinajstić information content (AvgIpc) is 3.00. The molecule has 0 aliphatic heterocycles. The highest BCUT2D eigenvalue weighted by Gasteiger charge is 2.26. The highest BCUT2D eigenvalue weighted by Crippen LogP contribution is 2.19. The van der Waals surface area contributed by atoms with Gasteiger partial charge in [-0.3, -0.25) is 0 Å². The zero-order chi connectivity index (χ0) is 16.9. The van der Waals surface area contributed by atoms with Gasteiger partial charge in [0.25, 0.3) is 0 Å². The molecule has 2 rings (SSSR count). The first-order valence-electron chi connectivity index (χ1n) is 7.42. The van der Waals surface area contributed by atoms with Crippen molar-refractivity contribution in [3.05, 3.63) is 59.8 Å². The molecule has 0 radical (unpaired) electrons. The van der Waals surface area contributed by atoms with Gasteiger partial charge in [-0.15, -0.1) is 0 Å². The molecule has 2 amide bonds. The first kappa shape index (κ1) is 17.0. The maximum atomic E-state index is 13.1. The van der Waals surface area contributed by atoms with E-state index in [1.807, 2.05) is 6.92 Å². The van der Waals surface area contributed by atoms with Crippen molar-refractivity contribution in [1.29, 1.82) is 0 Å². The number of rotatable bonds is 6. The van der Waals surface area contributed by atoms with Gasteiger partial charge >= 0.3 is 6.03 Å². The molecule has 124 valence electrons. The maximum Gasteiger partial charge on any atom is 0.315 e. The third kappa shape index (κ3) is 5.10. The normalized spacial score (nSPS) is 14.8. The summed E-state index contributed by atoms with van der Waals surface area (Å²) in [6, 6.07) is 9.00. The van der Waals surface area contributed by atoms with Gasteiger partial charge in [-0.05, 0) is 50.1 Å². The summed E-state index contributed by atoms with van der Waals surface area (Å²) in [6.45, 7) is 3.40. The van der Waals surface area contributed by atoms with Crippen molar-refractivity contribution < 1.29 is 18.7 Å². The van der Waals surface area contributed by atoms with Crippen LogP contribution in [-0.2, 0) is 12.0 Å². The van der Waals surface area contributed by atoms with Gasteiger partial charge in [0, 0.05) is 6.04 Å². The Bertz CT molecular complexity index is 641. The number of benzene rings is 1. The summed E-state index contributed by atoms with van der Waals surface area (Å²) >= 11 is 0. The van der Waals surface area contributed by atoms with Crippen LogP contribution in [0, 0.1) is 5.82 Å². The van der Waals surface area contributed by atoms with Gasteiger partial charge in [0.2, 0.25) is 0 Å². The number of furan rings is 1. The summed E-state index contributed by atoms with van der Waals surface area (Å²) in [5.74, 6) is 0.0826. The van der Waals surface area contributed by atoms with Gasteiger partial charge in [0.15, 0.2) is 0 Å². The van der Waals surface area contributed by atoms with E-state index in [-0.39, 0.29) is 18.4 Å². The van der Waals surface area contributed by atoms with Gasteiger partial charge in [-0.2, -0.15) is 0 Å². The van der Waals surface area contributed by atoms with Gasteiger partial charge in [-0.25, -0.2) is 9.18 Å². The second-order valence-electron chi connectivity index (χ2n) is 5.81. The maximum absolute atomic E-state index is 13.1. The number of urea groups is 1. The van der Waals surface area contributed by atoms with Crippen molar-refractivity contribution in [3.63, 3.8) is 0 Å². The Labute approximate surface area is 134 Å². The number of halogens is 1. The molecule has 0 saturated carbocycles. The molecule has 0 bridgehead atoms. The number of hydrogen-bond acceptors (Lipinski definition) is 3. The van der Waals surface area contributed by atoms with E-state index < -0.39 is 11.6 Å². The van der Waals surface area contributed by atoms with E-state index in [4.69, 9.17) is 4.42 Å². The van der Waals surface area contributed by atoms with E-state index in [1.165, 1.54) is 18.4 Å². The molecule has 2 atom stereocenters. The van der Waals surface area contributed by atoms with Crippen molar-refractivity contribution in [1.82, 2.24) is 10.6 Å². The van der Waals surface area contributed by atoms with Crippen LogP contribution in [0.3, 0.4) is 0 Å². The highest BCUT2D eigenvalue weighted by molar-refractivity contribution is 5.74. The molecule has 6 heteroatoms. The number of nitrogens with one attached hydrogen (secondary N) is 2. The predicted octanol–water partition coefficient (Wildman–Crippen LogP) is 2.56. The van der Waals surface area contributed by atoms with Crippen LogP contribution < -0.4 is 10.6 Å². The molecule has 0 unspecified atom stereocenters. The molecule has 1 aromatic carbocycles. The van der Waals surface area contributed by atoms with Crippen LogP contribution in [0.25, 0.3) is 0 Å². The van der Waals surface area contributed by atoms with E-state index in [0.717, 1.165) is 5.56 Å². The zero-order valence-electron chi connectivity index (χ0n) is 13.2. The van der Waals surface area contributed by atoms with Crippen molar-refractivity contribution in [3.8, 4) is 0 Å². The highest BCUT2D eigenvalue weighted by atomic mass is 19.1. The Morgan fingerprint density at radius 1 is 1.39 bits per heavy atom. The zero-order valence-corrected chi connectivity index (χ0v) is 13.2. The first-order chi connectivity index (χ1) is 10.9. The van der Waals surface area contributed by atoms with Crippen molar-refractivity contribution in [2.24, 2.45) is 0 Å². The smallest absolute Gasteiger partial charge is 0.315 e. The quantitative estimate of drug-likeness (QED) is 0.766. The van der Waals surface area contributed by atoms with Crippen LogP contribution in [-0.4, -0.2) is 23.7 Å². The minimum absolute atomic E-state index is 0.0129. The summed E-state index contributed by atoms with van der Waals surface area (Å²) < 4.78 is 18.3. The van der Waals surface area contributed by atoms with Crippen LogP contribution >= 0.6 is 0 Å². The fraction of sp³-hybridized carbons (Fsp3) is 0.353. The van der Waals surface area contributed by atoms with Crippen molar-refractivity contribution in [2.75, 3.05) is 6.54 Å². The minimum Gasteiger partial charge on any atom is -0.466 e. The number of aliphatic hydroxyl groups is 1. The average molecular weight is 320 g/mol. The fourth-order valence-electron chi connectivity index (χ4n) is 2.27. The molecule has 3 N–H and O–H groups in total. The molecular formula is C17H21FN2O3. The molecule has 0 fully saturated rings. The van der Waals surface area contributed by atoms with Crippen LogP contribution in [0.5, 0.6) is 0 Å². The predicted molar refractivity (Wildman–Crippen MR) is 84.4 cm³/mol. The molecule has 0 aliphatic carbocycles. The van der Waals surface area contributed by atoms with E-state index in [0.29, 0.717) is 12.2 Å². The minimum atomic E-state index is -1.29. The Morgan fingerprint density at radius 3 is 2.83 bits per heavy atom. The number of hydrogen-bond donors (Lipinski definition) is 3. The van der Waals surface area contributed by atoms with Gasteiger partial charge in [0.1, 0.15) is 17.2 Å². The van der Waals surface area contributed by atoms with Crippen LogP contribution in [0.4, 0.5) is 9.18 Å². The molecule has 5 nitrogen and oxygen atoms in total. The lowest BCUT2D eigenvalue weighted by atomic mass is 10.0. The summed E-state index contributed by atoms with van der Waals surface area (Å²) in [6.07, 6.45) is 1.98. The van der Waals surface area contributed by atoms with E-state index >= 15 is 0 Å². The Balaban J connectivity index is 1.80. The molecule has 1 aromatic heterocycles. The summed E-state index contributed by atoms with van der Waals surface area (Å²) in [7, 11) is 0. The molecule has 0 aliphatic rings. The molecule has 0 saturated heterocycles. The second kappa shape index (κ2) is 7.28. The number of amides is 2. The van der Waals surface area contributed by atoms with E-state index in [1.54, 1.807) is 31.2 Å². The Hall–Kier alpha value is -2.34. The summed E-state index contributed by atoms with van der Waals surface area (Å²) in [5.41, 5.74) is -0.479. The van der Waals surface area contributed by atoms with Gasteiger partial charge in [-0.1, -0.05) is 12.1 Å². The van der Waals surface area contributed by atoms with Crippen molar-refractivity contribution >= 4 is 6.03 Å². The summed E-state index contributed by atoms with van der Waals surface area (Å²) in [4.78, 5) is 11.9. The molecular weight excluding hydrogens is 299 g/mol. The number of carbonyl (C=O) groups is 1. The lowest BCUT2D eigenvalue weighted by Gasteiger charge is -2.22. The molecule has 0 spiro atoms. The Morgan fingerprint density at radius 2 is 2.17 bits per heavy atom. The third-order valence-corrected chi connectivity index (χ3v) is 3.45. The summed E-state index contributed by atoms with van der Waals surface area (Å²) in [5, 5.41) is 15.6. The number of carbonyl (C=O) groups excluding carboxylic acids is 1. The van der Waals surface area contributed by atoms with Crippen molar-refractivity contribution in [2.45, 2.75) is 31.9 Å². The monoisotopic (exact) mass is 320 g/mol. The SMILES string of the molecule is C[C@@H](Cc1cccc(F)c1)NC(=O)NC[C@@](C)(O)c1ccco1. The second-order valence-corrected chi connectivity index (χ2v) is 5.81. The largest absolute Gasteiger partial charge is 0.466 e. The first-order valence-corrected chi connectivity index (χ1v) is 7.42. The topological polar surface area (TPSA) is 74.5 Å². The Kier molecular flexibility index (Phi) is 5.39. The molecule has 23 heavy (non-hydrogen) atoms. The van der Waals surface area contributed by atoms with Gasteiger partial charge < -0.3 is 20.2 Å². The van der Waals surface area contributed by atoms with Crippen LogP contribution in [0.1, 0.15) is 25.2 Å². The lowest BCUT2D eigenvalue weighted by Crippen LogP contribution is -2.46. The lowest BCUT2D eigenvalue weighted by molar-refractivity contribution is 0.0366. The van der Waals surface area contributed by atoms with Crippen LogP contribution in [0.15, 0.2) is 47.1 Å². The van der Waals surface area contributed by atoms with E-state index in [9.17, 15) is 14.3 Å². The standard InChI is InChI=1S/C17H21FN2O3/c1-12(9-13-5-3-6-14(18)10-13)20-16(21)19-11-17(2,22)15-7-4-8-23-15/h3-8,10,12,22H,9,11H2,1-2H3,(H2,19,20,21)/t12-,17+/m0/s1. The van der Waals surface area contributed by atoms with Crippen LogP contribution in [0.2, 0.25) is 0 Å². The third-order valence-electron chi connectivity index (χ3n) is 3.45. The fourth-order valence-corrected chi connectivity index (χ4v) is 2.27. The van der Waals surface area contributed by atoms with E-state index in [2.05, 4.69) is 10.6 Å². The molecule has 1 heterocycles. The van der Waals surface area contributed by atoms with Gasteiger partial charge in [0.05, 0.1) is 12.8 Å². The molecule has 2 aromatic rings.